The minimum absolute atomic E-state index is 0. The molecule has 0 aromatic carbocycles. The molecule has 4 bridgehead atoms. The van der Waals surface area contributed by atoms with E-state index in [9.17, 15) is 0 Å². The quantitative estimate of drug-likeness (QED) is 0.530. The molecular formula is C15H24ClN3. The molecule has 6 aliphatic rings. The van der Waals surface area contributed by atoms with Gasteiger partial charge in [-0.2, -0.15) is 0 Å². The van der Waals surface area contributed by atoms with Gasteiger partial charge in [0.15, 0.2) is 5.96 Å². The van der Waals surface area contributed by atoms with E-state index < -0.39 is 0 Å². The molecule has 19 heavy (non-hydrogen) atoms. The first-order chi connectivity index (χ1) is 8.55. The lowest BCUT2D eigenvalue weighted by atomic mass is 9.60. The summed E-state index contributed by atoms with van der Waals surface area (Å²) in [4.78, 5) is 2.18. The Balaban J connectivity index is 0.000000968. The van der Waals surface area contributed by atoms with Gasteiger partial charge >= 0.3 is 0 Å². The summed E-state index contributed by atoms with van der Waals surface area (Å²) < 4.78 is 0. The molecule has 0 aromatic heterocycles. The standard InChI is InChI=1S/C15H23N3.ClH/c16-11(17)18-9-14-5-12-3-1-2-4-13(12,7-14)8-15(14,6-12)10-18;/h1-10H2,(H3,16,17);1H. The fourth-order valence-corrected chi connectivity index (χ4v) is 7.67. The van der Waals surface area contributed by atoms with Crippen LogP contribution >= 0.6 is 12.4 Å². The number of nitrogens with one attached hydrogen (secondary N) is 1. The zero-order valence-electron chi connectivity index (χ0n) is 11.5. The third kappa shape index (κ3) is 1.02. The summed E-state index contributed by atoms with van der Waals surface area (Å²) in [5, 5.41) is 7.75. The highest BCUT2D eigenvalue weighted by Crippen LogP contribution is 2.90. The number of hydrogen-bond donors (Lipinski definition) is 2. The van der Waals surface area contributed by atoms with Gasteiger partial charge in [0.25, 0.3) is 0 Å². The number of rotatable bonds is 0. The van der Waals surface area contributed by atoms with E-state index in [0.29, 0.717) is 16.8 Å². The average molecular weight is 282 g/mol. The van der Waals surface area contributed by atoms with E-state index >= 15 is 0 Å². The monoisotopic (exact) mass is 281 g/mol. The molecule has 3 nitrogen and oxygen atoms in total. The molecule has 1 heterocycles. The molecule has 4 heteroatoms. The summed E-state index contributed by atoms with van der Waals surface area (Å²) in [6.07, 6.45) is 11.9. The van der Waals surface area contributed by atoms with Crippen LogP contribution in [0.2, 0.25) is 0 Å². The Kier molecular flexibility index (Phi) is 1.99. The van der Waals surface area contributed by atoms with Crippen LogP contribution in [0.1, 0.15) is 51.4 Å². The smallest absolute Gasteiger partial charge is 0.188 e. The lowest BCUT2D eigenvalue weighted by Crippen LogP contribution is -2.36. The van der Waals surface area contributed by atoms with Crippen LogP contribution in [-0.4, -0.2) is 23.9 Å². The molecule has 6 rings (SSSR count). The van der Waals surface area contributed by atoms with Crippen LogP contribution in [0.4, 0.5) is 0 Å². The van der Waals surface area contributed by atoms with Crippen molar-refractivity contribution in [3.63, 3.8) is 0 Å². The highest BCUT2D eigenvalue weighted by atomic mass is 35.5. The summed E-state index contributed by atoms with van der Waals surface area (Å²) in [5.41, 5.74) is 8.33. The molecule has 5 aliphatic carbocycles. The SMILES string of the molecule is Cl.N=C(N)N1CC23CC45CCCCC4(C2)CC3(C1)C5. The first kappa shape index (κ1) is 12.3. The van der Waals surface area contributed by atoms with Crippen molar-refractivity contribution in [3.05, 3.63) is 0 Å². The second-order valence-electron chi connectivity index (χ2n) is 8.28. The van der Waals surface area contributed by atoms with Crippen molar-refractivity contribution in [3.8, 4) is 0 Å². The van der Waals surface area contributed by atoms with E-state index in [0.717, 1.165) is 23.9 Å². The van der Waals surface area contributed by atoms with Crippen LogP contribution in [0, 0.1) is 27.1 Å². The molecule has 3 N–H and O–H groups in total. The Hall–Kier alpha value is -0.440. The molecular weight excluding hydrogens is 258 g/mol. The molecule has 0 radical (unpaired) electrons. The highest BCUT2D eigenvalue weighted by molar-refractivity contribution is 5.85. The van der Waals surface area contributed by atoms with Gasteiger partial charge in [-0.1, -0.05) is 12.8 Å². The molecule has 0 atom stereocenters. The molecule has 1 aliphatic heterocycles. The molecule has 0 aromatic rings. The predicted molar refractivity (Wildman–Crippen MR) is 77.4 cm³/mol. The number of likely N-dealkylation sites (tertiary alicyclic amines) is 1. The van der Waals surface area contributed by atoms with Crippen molar-refractivity contribution >= 4 is 18.4 Å². The van der Waals surface area contributed by atoms with Crippen molar-refractivity contribution in [2.24, 2.45) is 27.4 Å². The van der Waals surface area contributed by atoms with E-state index in [4.69, 9.17) is 11.1 Å². The number of guanidine groups is 1. The van der Waals surface area contributed by atoms with Gasteiger partial charge in [-0.05, 0) is 60.2 Å². The number of hydrogen-bond acceptors (Lipinski definition) is 1. The second-order valence-corrected chi connectivity index (χ2v) is 8.28. The Morgan fingerprint density at radius 3 is 1.63 bits per heavy atom. The van der Waals surface area contributed by atoms with Crippen LogP contribution in [0.15, 0.2) is 0 Å². The summed E-state index contributed by atoms with van der Waals surface area (Å²) in [5.74, 6) is 0.318. The zero-order chi connectivity index (χ0) is 12.2. The molecule has 1 saturated heterocycles. The minimum Gasteiger partial charge on any atom is -0.370 e. The fourth-order valence-electron chi connectivity index (χ4n) is 7.67. The zero-order valence-corrected chi connectivity index (χ0v) is 12.3. The van der Waals surface area contributed by atoms with Crippen LogP contribution in [0.3, 0.4) is 0 Å². The summed E-state index contributed by atoms with van der Waals surface area (Å²) in [6, 6.07) is 0. The second kappa shape index (κ2) is 3.08. The molecule has 0 amide bonds. The van der Waals surface area contributed by atoms with Crippen molar-refractivity contribution < 1.29 is 0 Å². The van der Waals surface area contributed by atoms with Gasteiger partial charge < -0.3 is 10.6 Å². The third-order valence-electron chi connectivity index (χ3n) is 7.85. The van der Waals surface area contributed by atoms with Gasteiger partial charge in [0.1, 0.15) is 0 Å². The lowest BCUT2D eigenvalue weighted by Gasteiger charge is -2.45. The van der Waals surface area contributed by atoms with E-state index in [1.54, 1.807) is 0 Å². The normalized spacial score (nSPS) is 56.1. The molecule has 6 fully saturated rings. The topological polar surface area (TPSA) is 53.1 Å². The maximum Gasteiger partial charge on any atom is 0.188 e. The fraction of sp³-hybridized carbons (Fsp3) is 0.933. The predicted octanol–water partition coefficient (Wildman–Crippen LogP) is 2.74. The van der Waals surface area contributed by atoms with Crippen molar-refractivity contribution in [1.82, 2.24) is 4.90 Å². The van der Waals surface area contributed by atoms with Crippen LogP contribution in [0.25, 0.3) is 0 Å². The van der Waals surface area contributed by atoms with E-state index in [1.165, 1.54) is 51.4 Å². The van der Waals surface area contributed by atoms with Crippen molar-refractivity contribution in [1.29, 1.82) is 5.41 Å². The van der Waals surface area contributed by atoms with Gasteiger partial charge in [0, 0.05) is 13.1 Å². The number of halogens is 1. The van der Waals surface area contributed by atoms with E-state index in [-0.39, 0.29) is 12.4 Å². The molecule has 5 saturated carbocycles. The molecule has 106 valence electrons. The summed E-state index contributed by atoms with van der Waals surface area (Å²) in [7, 11) is 0. The maximum absolute atomic E-state index is 7.75. The van der Waals surface area contributed by atoms with Gasteiger partial charge in [0.2, 0.25) is 0 Å². The van der Waals surface area contributed by atoms with Crippen LogP contribution < -0.4 is 5.73 Å². The van der Waals surface area contributed by atoms with Crippen molar-refractivity contribution in [2.75, 3.05) is 13.1 Å². The molecule has 4 spiro atoms. The van der Waals surface area contributed by atoms with E-state index in [2.05, 4.69) is 4.90 Å². The Labute approximate surface area is 121 Å². The molecule has 0 unspecified atom stereocenters. The third-order valence-corrected chi connectivity index (χ3v) is 7.85. The average Bonchev–Trinajstić information content (AvgIpc) is 2.93. The van der Waals surface area contributed by atoms with Crippen LogP contribution in [0.5, 0.6) is 0 Å². The largest absolute Gasteiger partial charge is 0.370 e. The maximum atomic E-state index is 7.75. The van der Waals surface area contributed by atoms with Gasteiger partial charge in [-0.25, -0.2) is 0 Å². The van der Waals surface area contributed by atoms with Crippen molar-refractivity contribution in [2.45, 2.75) is 51.4 Å². The number of nitrogens with zero attached hydrogens (tertiary/aromatic N) is 1. The Bertz CT molecular complexity index is 424. The first-order valence-electron chi connectivity index (χ1n) is 7.64. The minimum atomic E-state index is 0. The van der Waals surface area contributed by atoms with Gasteiger partial charge in [0.05, 0.1) is 0 Å². The summed E-state index contributed by atoms with van der Waals surface area (Å²) >= 11 is 0. The summed E-state index contributed by atoms with van der Waals surface area (Å²) in [6.45, 7) is 2.21. The van der Waals surface area contributed by atoms with E-state index in [1.807, 2.05) is 0 Å². The van der Waals surface area contributed by atoms with Crippen LogP contribution in [-0.2, 0) is 0 Å². The lowest BCUT2D eigenvalue weighted by molar-refractivity contribution is 0.0520. The Morgan fingerprint density at radius 2 is 1.26 bits per heavy atom. The number of nitrogens with two attached hydrogens (primary N) is 1. The highest BCUT2D eigenvalue weighted by Gasteiger charge is 2.84. The van der Waals surface area contributed by atoms with Gasteiger partial charge in [-0.3, -0.25) is 5.41 Å². The first-order valence-corrected chi connectivity index (χ1v) is 7.64. The van der Waals surface area contributed by atoms with Gasteiger partial charge in [-0.15, -0.1) is 12.4 Å². The Morgan fingerprint density at radius 1 is 0.842 bits per heavy atom.